The highest BCUT2D eigenvalue weighted by molar-refractivity contribution is 6.01. The molecule has 1 fully saturated rings. The molecule has 1 aliphatic heterocycles. The monoisotopic (exact) mass is 301 g/mol. The van der Waals surface area contributed by atoms with Crippen LogP contribution in [0.5, 0.6) is 0 Å². The van der Waals surface area contributed by atoms with Gasteiger partial charge < -0.3 is 15.2 Å². The lowest BCUT2D eigenvalue weighted by molar-refractivity contribution is -0.157. The average Bonchev–Trinajstić information content (AvgIpc) is 3.28. The summed E-state index contributed by atoms with van der Waals surface area (Å²) in [6.45, 7) is 1.44. The minimum absolute atomic E-state index is 0.143. The predicted octanol–water partition coefficient (Wildman–Crippen LogP) is 2.03. The lowest BCUT2D eigenvalue weighted by Crippen LogP contribution is -2.47. The highest BCUT2D eigenvalue weighted by atomic mass is 16.6. The SMILES string of the molecule is CC1(C(=O)NC2CC2)OC(=O)C(CCc2ccccc2)=C1O. The fourth-order valence-corrected chi connectivity index (χ4v) is 2.52. The van der Waals surface area contributed by atoms with Crippen LogP contribution in [0, 0.1) is 0 Å². The molecule has 1 aliphatic carbocycles. The number of aliphatic hydroxyl groups excluding tert-OH is 1. The van der Waals surface area contributed by atoms with Gasteiger partial charge in [-0.05, 0) is 38.2 Å². The van der Waals surface area contributed by atoms with Crippen LogP contribution in [0.25, 0.3) is 0 Å². The largest absolute Gasteiger partial charge is 0.507 e. The Morgan fingerprint density at radius 3 is 2.64 bits per heavy atom. The Bertz CT molecular complexity index is 633. The molecule has 22 heavy (non-hydrogen) atoms. The third kappa shape index (κ3) is 2.71. The van der Waals surface area contributed by atoms with Gasteiger partial charge in [0, 0.05) is 6.04 Å². The van der Waals surface area contributed by atoms with Crippen molar-refractivity contribution in [2.75, 3.05) is 0 Å². The van der Waals surface area contributed by atoms with Crippen molar-refractivity contribution in [3.8, 4) is 0 Å². The number of aryl methyl sites for hydroxylation is 1. The summed E-state index contributed by atoms with van der Waals surface area (Å²) < 4.78 is 5.18. The summed E-state index contributed by atoms with van der Waals surface area (Å²) in [6.07, 6.45) is 2.82. The topological polar surface area (TPSA) is 75.6 Å². The Morgan fingerprint density at radius 1 is 1.32 bits per heavy atom. The van der Waals surface area contributed by atoms with Gasteiger partial charge in [-0.1, -0.05) is 30.3 Å². The lowest BCUT2D eigenvalue weighted by atomic mass is 9.98. The number of amides is 1. The van der Waals surface area contributed by atoms with Crippen LogP contribution in [0.2, 0.25) is 0 Å². The molecule has 1 amide bonds. The molecule has 1 heterocycles. The molecule has 5 heteroatoms. The van der Waals surface area contributed by atoms with Crippen LogP contribution < -0.4 is 5.32 Å². The van der Waals surface area contributed by atoms with E-state index in [2.05, 4.69) is 5.32 Å². The summed E-state index contributed by atoms with van der Waals surface area (Å²) in [4.78, 5) is 24.2. The van der Waals surface area contributed by atoms with Gasteiger partial charge in [0.2, 0.25) is 5.60 Å². The van der Waals surface area contributed by atoms with Crippen LogP contribution in [0.1, 0.15) is 31.7 Å². The number of aliphatic hydroxyl groups is 1. The van der Waals surface area contributed by atoms with Gasteiger partial charge in [0.05, 0.1) is 5.57 Å². The Balaban J connectivity index is 1.74. The van der Waals surface area contributed by atoms with Crippen LogP contribution >= 0.6 is 0 Å². The van der Waals surface area contributed by atoms with E-state index >= 15 is 0 Å². The Hall–Kier alpha value is -2.30. The number of rotatable bonds is 5. The zero-order chi connectivity index (χ0) is 15.7. The molecule has 0 aromatic heterocycles. The van der Waals surface area contributed by atoms with Crippen molar-refractivity contribution in [1.29, 1.82) is 0 Å². The van der Waals surface area contributed by atoms with Gasteiger partial charge in [0.25, 0.3) is 5.91 Å². The first kappa shape index (κ1) is 14.6. The first-order valence-corrected chi connectivity index (χ1v) is 7.51. The molecule has 2 N–H and O–H groups in total. The number of carbonyl (C=O) groups is 2. The zero-order valence-corrected chi connectivity index (χ0v) is 12.5. The molecular weight excluding hydrogens is 282 g/mol. The summed E-state index contributed by atoms with van der Waals surface area (Å²) in [5.41, 5.74) is -0.338. The van der Waals surface area contributed by atoms with E-state index in [1.165, 1.54) is 6.92 Å². The molecule has 0 spiro atoms. The maximum absolute atomic E-state index is 12.2. The van der Waals surface area contributed by atoms with Crippen molar-refractivity contribution in [2.45, 2.75) is 44.2 Å². The van der Waals surface area contributed by atoms with Gasteiger partial charge in [-0.15, -0.1) is 0 Å². The second-order valence-corrected chi connectivity index (χ2v) is 5.98. The molecule has 1 atom stereocenters. The summed E-state index contributed by atoms with van der Waals surface area (Å²) in [6, 6.07) is 9.81. The Labute approximate surface area is 129 Å². The van der Waals surface area contributed by atoms with Gasteiger partial charge >= 0.3 is 5.97 Å². The normalized spacial score (nSPS) is 24.3. The first-order chi connectivity index (χ1) is 10.5. The van der Waals surface area contributed by atoms with Crippen molar-refractivity contribution in [3.63, 3.8) is 0 Å². The fourth-order valence-electron chi connectivity index (χ4n) is 2.52. The van der Waals surface area contributed by atoms with E-state index in [0.717, 1.165) is 18.4 Å². The summed E-state index contributed by atoms with van der Waals surface area (Å²) in [5, 5.41) is 13.1. The van der Waals surface area contributed by atoms with Crippen molar-refractivity contribution >= 4 is 11.9 Å². The quantitative estimate of drug-likeness (QED) is 0.816. The highest BCUT2D eigenvalue weighted by Crippen LogP contribution is 2.34. The number of nitrogens with one attached hydrogen (secondary N) is 1. The number of hydrogen-bond acceptors (Lipinski definition) is 4. The molecule has 5 nitrogen and oxygen atoms in total. The summed E-state index contributed by atoms with van der Waals surface area (Å²) in [7, 11) is 0. The van der Waals surface area contributed by atoms with E-state index in [1.807, 2.05) is 30.3 Å². The zero-order valence-electron chi connectivity index (χ0n) is 12.5. The van der Waals surface area contributed by atoms with Gasteiger partial charge in [0.15, 0.2) is 5.76 Å². The molecule has 116 valence electrons. The molecular formula is C17H19NO4. The highest BCUT2D eigenvalue weighted by Gasteiger charge is 2.51. The molecule has 0 radical (unpaired) electrons. The van der Waals surface area contributed by atoms with Crippen LogP contribution in [-0.4, -0.2) is 28.6 Å². The number of benzene rings is 1. The van der Waals surface area contributed by atoms with Gasteiger partial charge in [0.1, 0.15) is 0 Å². The Morgan fingerprint density at radius 2 is 2.00 bits per heavy atom. The average molecular weight is 301 g/mol. The molecule has 0 saturated heterocycles. The number of carbonyl (C=O) groups excluding carboxylic acids is 2. The van der Waals surface area contributed by atoms with E-state index in [0.29, 0.717) is 12.8 Å². The van der Waals surface area contributed by atoms with E-state index in [4.69, 9.17) is 4.74 Å². The van der Waals surface area contributed by atoms with E-state index in [-0.39, 0.29) is 17.4 Å². The second kappa shape index (κ2) is 5.48. The summed E-state index contributed by atoms with van der Waals surface area (Å²) in [5.74, 6) is -1.32. The van der Waals surface area contributed by atoms with Gasteiger partial charge in [-0.3, -0.25) is 4.79 Å². The molecule has 3 rings (SSSR count). The molecule has 0 bridgehead atoms. The fraction of sp³-hybridized carbons (Fsp3) is 0.412. The number of ether oxygens (including phenoxy) is 1. The minimum Gasteiger partial charge on any atom is -0.507 e. The maximum atomic E-state index is 12.2. The molecule has 1 saturated carbocycles. The molecule has 1 unspecified atom stereocenters. The van der Waals surface area contributed by atoms with E-state index < -0.39 is 17.5 Å². The lowest BCUT2D eigenvalue weighted by Gasteiger charge is -2.22. The number of esters is 1. The third-order valence-electron chi connectivity index (χ3n) is 4.13. The molecule has 2 aliphatic rings. The molecule has 1 aromatic carbocycles. The van der Waals surface area contributed by atoms with Gasteiger partial charge in [-0.2, -0.15) is 0 Å². The van der Waals surface area contributed by atoms with Crippen molar-refractivity contribution in [2.24, 2.45) is 0 Å². The van der Waals surface area contributed by atoms with E-state index in [9.17, 15) is 14.7 Å². The third-order valence-corrected chi connectivity index (χ3v) is 4.13. The smallest absolute Gasteiger partial charge is 0.339 e. The Kier molecular flexibility index (Phi) is 3.64. The second-order valence-electron chi connectivity index (χ2n) is 5.98. The standard InChI is InChI=1S/C17H19NO4/c1-17(16(21)18-12-8-9-12)14(19)13(15(20)22-17)10-7-11-5-3-2-4-6-11/h2-6,12,19H,7-10H2,1H3,(H,18,21). The maximum Gasteiger partial charge on any atom is 0.339 e. The van der Waals surface area contributed by atoms with Crippen molar-refractivity contribution in [3.05, 3.63) is 47.2 Å². The number of hydrogen-bond donors (Lipinski definition) is 2. The summed E-state index contributed by atoms with van der Waals surface area (Å²) >= 11 is 0. The van der Waals surface area contributed by atoms with Crippen molar-refractivity contribution < 1.29 is 19.4 Å². The van der Waals surface area contributed by atoms with Crippen LogP contribution in [0.15, 0.2) is 41.7 Å². The van der Waals surface area contributed by atoms with Crippen LogP contribution in [0.3, 0.4) is 0 Å². The first-order valence-electron chi connectivity index (χ1n) is 7.51. The van der Waals surface area contributed by atoms with Crippen LogP contribution in [0.4, 0.5) is 0 Å². The predicted molar refractivity (Wildman–Crippen MR) is 80.1 cm³/mol. The molecule has 1 aromatic rings. The van der Waals surface area contributed by atoms with Crippen LogP contribution in [-0.2, 0) is 20.7 Å². The number of cyclic esters (lactones) is 1. The minimum atomic E-state index is -1.59. The van der Waals surface area contributed by atoms with Crippen molar-refractivity contribution in [1.82, 2.24) is 5.32 Å². The van der Waals surface area contributed by atoms with E-state index in [1.54, 1.807) is 0 Å². The van der Waals surface area contributed by atoms with Gasteiger partial charge in [-0.25, -0.2) is 4.79 Å².